The van der Waals surface area contributed by atoms with Gasteiger partial charge < -0.3 is 5.32 Å². The molecule has 4 rings (SSSR count). The van der Waals surface area contributed by atoms with Gasteiger partial charge in [0.2, 0.25) is 15.9 Å². The van der Waals surface area contributed by atoms with Gasteiger partial charge >= 0.3 is 4.87 Å². The summed E-state index contributed by atoms with van der Waals surface area (Å²) in [6.45, 7) is 0.865. The first-order chi connectivity index (χ1) is 13.4. The number of nitrogens with one attached hydrogen (secondary N) is 1. The third-order valence-electron chi connectivity index (χ3n) is 4.58. The highest BCUT2D eigenvalue weighted by atomic mass is 35.5. The topological polar surface area (TPSA) is 101 Å². The highest BCUT2D eigenvalue weighted by Gasteiger charge is 2.27. The van der Waals surface area contributed by atoms with E-state index in [9.17, 15) is 18.0 Å². The van der Waals surface area contributed by atoms with E-state index in [1.165, 1.54) is 21.0 Å². The van der Waals surface area contributed by atoms with E-state index < -0.39 is 10.0 Å². The minimum absolute atomic E-state index is 0. The Morgan fingerprint density at radius 3 is 2.62 bits per heavy atom. The Labute approximate surface area is 177 Å². The van der Waals surface area contributed by atoms with Gasteiger partial charge in [-0.3, -0.25) is 14.2 Å². The molecule has 0 atom stereocenters. The Morgan fingerprint density at radius 1 is 1.17 bits per heavy atom. The second-order valence-corrected chi connectivity index (χ2v) is 9.39. The maximum Gasteiger partial charge on any atom is 0.308 e. The number of pyridine rings is 1. The van der Waals surface area contributed by atoms with Crippen molar-refractivity contribution in [1.29, 1.82) is 0 Å². The number of benzene rings is 1. The maximum atomic E-state index is 12.7. The summed E-state index contributed by atoms with van der Waals surface area (Å²) in [5.41, 5.74) is 0.534. The van der Waals surface area contributed by atoms with Crippen molar-refractivity contribution in [3.05, 3.63) is 52.3 Å². The van der Waals surface area contributed by atoms with E-state index in [2.05, 4.69) is 10.3 Å². The lowest BCUT2D eigenvalue weighted by molar-refractivity contribution is -0.116. The summed E-state index contributed by atoms with van der Waals surface area (Å²) in [7, 11) is -3.56. The largest absolute Gasteiger partial charge is 0.309 e. The third-order valence-corrected chi connectivity index (χ3v) is 7.41. The zero-order valence-electron chi connectivity index (χ0n) is 15.3. The molecule has 1 saturated heterocycles. The number of amides is 1. The van der Waals surface area contributed by atoms with Gasteiger partial charge in [-0.05, 0) is 43.2 Å². The van der Waals surface area contributed by atoms with Crippen molar-refractivity contribution in [2.24, 2.45) is 0 Å². The molecule has 29 heavy (non-hydrogen) atoms. The van der Waals surface area contributed by atoms with Crippen molar-refractivity contribution in [2.75, 3.05) is 18.4 Å². The molecule has 0 saturated carbocycles. The summed E-state index contributed by atoms with van der Waals surface area (Å²) >= 11 is 0.929. The van der Waals surface area contributed by atoms with Gasteiger partial charge in [0.25, 0.3) is 0 Å². The number of nitrogens with zero attached hydrogens (tertiary/aromatic N) is 3. The number of aromatic nitrogens is 2. The molecule has 1 aromatic carbocycles. The SMILES string of the molecule is Cl.O=C(Cn1c(=O)sc2cc(S(=O)(=O)N3CCCC3)ccc21)Nc1ccccn1. The summed E-state index contributed by atoms with van der Waals surface area (Å²) in [5.74, 6) is 0.0216. The van der Waals surface area contributed by atoms with Crippen LogP contribution in [-0.2, 0) is 21.4 Å². The van der Waals surface area contributed by atoms with Crippen LogP contribution in [0.4, 0.5) is 5.82 Å². The van der Waals surface area contributed by atoms with Crippen LogP contribution in [0, 0.1) is 0 Å². The van der Waals surface area contributed by atoms with Crippen molar-refractivity contribution >= 4 is 55.7 Å². The van der Waals surface area contributed by atoms with E-state index in [-0.39, 0.29) is 34.6 Å². The van der Waals surface area contributed by atoms with Crippen molar-refractivity contribution in [2.45, 2.75) is 24.3 Å². The second kappa shape index (κ2) is 8.62. The summed E-state index contributed by atoms with van der Waals surface area (Å²) in [6.07, 6.45) is 3.28. The van der Waals surface area contributed by atoms with Crippen LogP contribution in [-0.4, -0.2) is 41.3 Å². The molecule has 3 aromatic rings. The number of fused-ring (bicyclic) bond motifs is 1. The third kappa shape index (κ3) is 4.35. The quantitative estimate of drug-likeness (QED) is 0.637. The van der Waals surface area contributed by atoms with E-state index in [0.29, 0.717) is 29.1 Å². The molecule has 1 aliphatic rings. The fourth-order valence-corrected chi connectivity index (χ4v) is 5.75. The van der Waals surface area contributed by atoms with Crippen LogP contribution in [0.15, 0.2) is 52.3 Å². The van der Waals surface area contributed by atoms with Crippen molar-refractivity contribution < 1.29 is 13.2 Å². The minimum Gasteiger partial charge on any atom is -0.309 e. The van der Waals surface area contributed by atoms with E-state index in [4.69, 9.17) is 0 Å². The molecule has 0 unspecified atom stereocenters. The van der Waals surface area contributed by atoms with Crippen LogP contribution in [0.3, 0.4) is 0 Å². The van der Waals surface area contributed by atoms with Crippen LogP contribution in [0.2, 0.25) is 0 Å². The molecule has 1 amide bonds. The molecule has 2 aromatic heterocycles. The molecular weight excluding hydrogens is 436 g/mol. The molecule has 0 spiro atoms. The Morgan fingerprint density at radius 2 is 1.93 bits per heavy atom. The molecule has 154 valence electrons. The van der Waals surface area contributed by atoms with Gasteiger partial charge in [-0.15, -0.1) is 12.4 Å². The lowest BCUT2D eigenvalue weighted by Crippen LogP contribution is -2.27. The van der Waals surface area contributed by atoms with E-state index in [1.807, 2.05) is 0 Å². The second-order valence-electron chi connectivity index (χ2n) is 6.46. The Kier molecular flexibility index (Phi) is 6.37. The molecule has 1 N–H and O–H groups in total. The molecule has 1 fully saturated rings. The lowest BCUT2D eigenvalue weighted by Gasteiger charge is -2.15. The van der Waals surface area contributed by atoms with Gasteiger partial charge in [-0.2, -0.15) is 4.31 Å². The average molecular weight is 455 g/mol. The summed E-state index contributed by atoms with van der Waals surface area (Å²) in [5, 5.41) is 2.64. The molecule has 0 aliphatic carbocycles. The van der Waals surface area contributed by atoms with Gasteiger partial charge in [0, 0.05) is 19.3 Å². The fourth-order valence-electron chi connectivity index (χ4n) is 3.20. The number of halogens is 1. The smallest absolute Gasteiger partial charge is 0.308 e. The predicted octanol–water partition coefficient (Wildman–Crippen LogP) is 2.30. The van der Waals surface area contributed by atoms with Gasteiger partial charge in [0.15, 0.2) is 0 Å². The van der Waals surface area contributed by atoms with Crippen molar-refractivity contribution in [3.8, 4) is 0 Å². The van der Waals surface area contributed by atoms with Crippen molar-refractivity contribution in [1.82, 2.24) is 13.9 Å². The normalized spacial score (nSPS) is 14.6. The fraction of sp³-hybridized carbons (Fsp3) is 0.278. The number of sulfonamides is 1. The minimum atomic E-state index is -3.56. The van der Waals surface area contributed by atoms with Crippen LogP contribution in [0.25, 0.3) is 10.2 Å². The monoisotopic (exact) mass is 454 g/mol. The van der Waals surface area contributed by atoms with Crippen molar-refractivity contribution in [3.63, 3.8) is 0 Å². The highest BCUT2D eigenvalue weighted by Crippen LogP contribution is 2.26. The summed E-state index contributed by atoms with van der Waals surface area (Å²) < 4.78 is 28.8. The average Bonchev–Trinajstić information content (AvgIpc) is 3.31. The number of carbonyl (C=O) groups is 1. The molecule has 3 heterocycles. The molecule has 0 bridgehead atoms. The number of anilines is 1. The number of hydrogen-bond acceptors (Lipinski definition) is 6. The Hall–Kier alpha value is -2.27. The van der Waals surface area contributed by atoms with Gasteiger partial charge in [0.05, 0.1) is 15.1 Å². The van der Waals surface area contributed by atoms with Crippen LogP contribution in [0.5, 0.6) is 0 Å². The molecule has 1 aliphatic heterocycles. The van der Waals surface area contributed by atoms with Crippen LogP contribution < -0.4 is 10.2 Å². The number of hydrogen-bond donors (Lipinski definition) is 1. The number of rotatable bonds is 5. The van der Waals surface area contributed by atoms with Gasteiger partial charge in [0.1, 0.15) is 12.4 Å². The molecule has 8 nitrogen and oxygen atoms in total. The van der Waals surface area contributed by atoms with E-state index >= 15 is 0 Å². The lowest BCUT2D eigenvalue weighted by atomic mass is 10.3. The summed E-state index contributed by atoms with van der Waals surface area (Å²) in [4.78, 5) is 28.5. The number of carbonyl (C=O) groups excluding carboxylic acids is 1. The van der Waals surface area contributed by atoms with E-state index in [0.717, 1.165) is 24.2 Å². The Bertz CT molecular complexity index is 1190. The standard InChI is InChI=1S/C18H18N4O4S2.ClH/c23-17(20-16-5-1-2-8-19-16)12-22-14-7-6-13(11-15(14)27-18(22)24)28(25,26)21-9-3-4-10-21;/h1-2,5-8,11H,3-4,9-10,12H2,(H,19,20,23);1H. The highest BCUT2D eigenvalue weighted by molar-refractivity contribution is 7.89. The first-order valence-corrected chi connectivity index (χ1v) is 11.1. The maximum absolute atomic E-state index is 12.7. The predicted molar refractivity (Wildman–Crippen MR) is 114 cm³/mol. The zero-order valence-corrected chi connectivity index (χ0v) is 17.7. The molecule has 0 radical (unpaired) electrons. The zero-order chi connectivity index (χ0) is 19.7. The van der Waals surface area contributed by atoms with Crippen LogP contribution in [0.1, 0.15) is 12.8 Å². The number of thiazole rings is 1. The van der Waals surface area contributed by atoms with Gasteiger partial charge in [-0.25, -0.2) is 13.4 Å². The summed E-state index contributed by atoms with van der Waals surface area (Å²) in [6, 6.07) is 9.74. The Balaban J connectivity index is 0.00000240. The van der Waals surface area contributed by atoms with Crippen LogP contribution >= 0.6 is 23.7 Å². The van der Waals surface area contributed by atoms with E-state index in [1.54, 1.807) is 30.5 Å². The molecule has 11 heteroatoms. The van der Waals surface area contributed by atoms with Gasteiger partial charge in [-0.1, -0.05) is 17.4 Å². The first kappa shape index (κ1) is 21.4. The first-order valence-electron chi connectivity index (χ1n) is 8.79. The molecular formula is C18H19ClN4O4S2.